The third kappa shape index (κ3) is 2.86. The molecule has 1 heteroatoms. The number of hydrogen-bond acceptors (Lipinski definition) is 1. The molecule has 1 nitrogen and oxygen atoms in total. The van der Waals surface area contributed by atoms with Gasteiger partial charge in [-0.1, -0.05) is 93.6 Å². The molecule has 8 rings (SSSR count). The summed E-state index contributed by atoms with van der Waals surface area (Å²) in [6.07, 6.45) is 0. The number of ether oxygens (including phenoxy) is 1. The van der Waals surface area contributed by atoms with E-state index in [-0.39, 0.29) is 5.41 Å². The molecule has 0 aliphatic heterocycles. The molecule has 0 aliphatic carbocycles. The molecule has 176 valence electrons. The standard InChI is InChI=1S/C36H26O/c1-36(2,3)23-14-16-24(17-15-23)37-32-18-13-22-9-6-12-27-30-19-28-25-10-4-7-21-8-5-11-26(33(21)25)29(28)20-31(30)35(32)34(22)27/h4-20H,1-3H3. The quantitative estimate of drug-likeness (QED) is 0.242. The fraction of sp³-hybridized carbons (Fsp3) is 0.111. The average molecular weight is 475 g/mol. The summed E-state index contributed by atoms with van der Waals surface area (Å²) in [5.74, 6) is 1.78. The number of benzene rings is 6. The van der Waals surface area contributed by atoms with Crippen LogP contribution >= 0.6 is 0 Å². The molecule has 0 saturated heterocycles. The van der Waals surface area contributed by atoms with E-state index in [1.807, 2.05) is 0 Å². The van der Waals surface area contributed by atoms with E-state index < -0.39 is 0 Å². The van der Waals surface area contributed by atoms with Crippen molar-refractivity contribution in [2.24, 2.45) is 0 Å². The lowest BCUT2D eigenvalue weighted by Gasteiger charge is -2.19. The Hall–Kier alpha value is -4.36. The first kappa shape index (κ1) is 20.8. The van der Waals surface area contributed by atoms with Gasteiger partial charge in [-0.3, -0.25) is 0 Å². The first-order chi connectivity index (χ1) is 18.0. The molecule has 0 N–H and O–H groups in total. The summed E-state index contributed by atoms with van der Waals surface area (Å²) in [5, 5.41) is 15.6. The lowest BCUT2D eigenvalue weighted by molar-refractivity contribution is 0.487. The molecule has 0 spiro atoms. The Bertz CT molecular complexity index is 2120. The van der Waals surface area contributed by atoms with Crippen LogP contribution in [0.4, 0.5) is 0 Å². The number of rotatable bonds is 2. The van der Waals surface area contributed by atoms with Crippen LogP contribution in [-0.4, -0.2) is 0 Å². The van der Waals surface area contributed by atoms with E-state index in [1.54, 1.807) is 0 Å². The highest BCUT2D eigenvalue weighted by atomic mass is 16.5. The van der Waals surface area contributed by atoms with Gasteiger partial charge in [0, 0.05) is 10.8 Å². The Balaban J connectivity index is 1.44. The van der Waals surface area contributed by atoms with Gasteiger partial charge in [-0.15, -0.1) is 0 Å². The summed E-state index contributed by atoms with van der Waals surface area (Å²) in [4.78, 5) is 0. The summed E-state index contributed by atoms with van der Waals surface area (Å²) in [6.45, 7) is 6.72. The van der Waals surface area contributed by atoms with Crippen molar-refractivity contribution in [1.29, 1.82) is 0 Å². The Morgan fingerprint density at radius 3 is 1.62 bits per heavy atom. The van der Waals surface area contributed by atoms with Gasteiger partial charge in [-0.25, -0.2) is 0 Å². The van der Waals surface area contributed by atoms with Crippen LogP contribution in [0.15, 0.2) is 103 Å². The highest BCUT2D eigenvalue weighted by molar-refractivity contribution is 6.38. The van der Waals surface area contributed by atoms with E-state index in [9.17, 15) is 0 Å². The summed E-state index contributed by atoms with van der Waals surface area (Å²) >= 11 is 0. The van der Waals surface area contributed by atoms with Crippen LogP contribution in [0.2, 0.25) is 0 Å². The monoisotopic (exact) mass is 474 g/mol. The van der Waals surface area contributed by atoms with Crippen LogP contribution in [0.1, 0.15) is 26.3 Å². The van der Waals surface area contributed by atoms with Crippen molar-refractivity contribution in [3.8, 4) is 11.5 Å². The molecule has 8 aromatic rings. The highest BCUT2D eigenvalue weighted by Gasteiger charge is 2.20. The van der Waals surface area contributed by atoms with E-state index >= 15 is 0 Å². The molecule has 0 aliphatic rings. The second-order valence-electron chi connectivity index (χ2n) is 11.4. The summed E-state index contributed by atoms with van der Waals surface area (Å²) in [5.41, 5.74) is 1.42. The molecule has 0 atom stereocenters. The van der Waals surface area contributed by atoms with Gasteiger partial charge in [0.1, 0.15) is 11.5 Å². The maximum Gasteiger partial charge on any atom is 0.135 e. The Morgan fingerprint density at radius 2 is 1.00 bits per heavy atom. The maximum absolute atomic E-state index is 6.61. The van der Waals surface area contributed by atoms with Gasteiger partial charge in [0.2, 0.25) is 0 Å². The van der Waals surface area contributed by atoms with Gasteiger partial charge in [0.05, 0.1) is 0 Å². The van der Waals surface area contributed by atoms with Gasteiger partial charge in [0.25, 0.3) is 0 Å². The molecule has 0 aromatic heterocycles. The minimum Gasteiger partial charge on any atom is -0.457 e. The van der Waals surface area contributed by atoms with Crippen LogP contribution in [0.25, 0.3) is 64.6 Å². The van der Waals surface area contributed by atoms with Crippen molar-refractivity contribution in [3.05, 3.63) is 109 Å². The van der Waals surface area contributed by atoms with Gasteiger partial charge in [-0.2, -0.15) is 0 Å². The van der Waals surface area contributed by atoms with Crippen molar-refractivity contribution < 1.29 is 4.74 Å². The lowest BCUT2D eigenvalue weighted by Crippen LogP contribution is -2.10. The molecule has 0 amide bonds. The molecule has 0 fully saturated rings. The molecule has 8 aromatic carbocycles. The van der Waals surface area contributed by atoms with Crippen LogP contribution in [0, 0.1) is 0 Å². The number of hydrogen-bond donors (Lipinski definition) is 0. The largest absolute Gasteiger partial charge is 0.457 e. The smallest absolute Gasteiger partial charge is 0.135 e. The summed E-state index contributed by atoms with van der Waals surface area (Å²) < 4.78 is 6.61. The van der Waals surface area contributed by atoms with Gasteiger partial charge >= 0.3 is 0 Å². The normalized spacial score (nSPS) is 12.7. The Morgan fingerprint density at radius 1 is 0.459 bits per heavy atom. The van der Waals surface area contributed by atoms with Crippen molar-refractivity contribution in [3.63, 3.8) is 0 Å². The molecular formula is C36H26O. The topological polar surface area (TPSA) is 9.23 Å². The Kier molecular flexibility index (Phi) is 4.00. The molecule has 37 heavy (non-hydrogen) atoms. The lowest BCUT2D eigenvalue weighted by atomic mass is 9.87. The highest BCUT2D eigenvalue weighted by Crippen LogP contribution is 2.48. The molecule has 0 radical (unpaired) electrons. The zero-order valence-corrected chi connectivity index (χ0v) is 21.2. The predicted molar refractivity (Wildman–Crippen MR) is 159 cm³/mol. The van der Waals surface area contributed by atoms with E-state index in [4.69, 9.17) is 4.74 Å². The van der Waals surface area contributed by atoms with Crippen molar-refractivity contribution in [2.75, 3.05) is 0 Å². The third-order valence-corrected chi connectivity index (χ3v) is 8.16. The Labute approximate surface area is 215 Å². The number of fused-ring (bicyclic) bond motifs is 6. The second-order valence-corrected chi connectivity index (χ2v) is 11.4. The fourth-order valence-electron chi connectivity index (χ4n) is 6.35. The third-order valence-electron chi connectivity index (χ3n) is 8.16. The van der Waals surface area contributed by atoms with Crippen LogP contribution in [0.3, 0.4) is 0 Å². The second kappa shape index (κ2) is 7.11. The first-order valence-corrected chi connectivity index (χ1v) is 13.0. The van der Waals surface area contributed by atoms with E-state index in [1.165, 1.54) is 70.2 Å². The molecule has 0 unspecified atom stereocenters. The summed E-state index contributed by atoms with van der Waals surface area (Å²) in [6, 6.07) is 37.7. The molecule has 0 heterocycles. The minimum absolute atomic E-state index is 0.115. The van der Waals surface area contributed by atoms with Crippen molar-refractivity contribution in [1.82, 2.24) is 0 Å². The van der Waals surface area contributed by atoms with Gasteiger partial charge in [-0.05, 0) is 95.2 Å². The fourth-order valence-corrected chi connectivity index (χ4v) is 6.35. The minimum atomic E-state index is 0.115. The SMILES string of the molecule is CC(C)(C)c1ccc(Oc2ccc3cccc4c5cc6c(cc5c2c34)c2cccc3cccc6c32)cc1. The van der Waals surface area contributed by atoms with E-state index in [2.05, 4.69) is 124 Å². The van der Waals surface area contributed by atoms with Gasteiger partial charge < -0.3 is 4.74 Å². The molecular weight excluding hydrogens is 448 g/mol. The summed E-state index contributed by atoms with van der Waals surface area (Å²) in [7, 11) is 0. The maximum atomic E-state index is 6.61. The van der Waals surface area contributed by atoms with E-state index in [0.717, 1.165) is 11.5 Å². The van der Waals surface area contributed by atoms with Crippen LogP contribution in [-0.2, 0) is 5.41 Å². The zero-order valence-electron chi connectivity index (χ0n) is 21.2. The first-order valence-electron chi connectivity index (χ1n) is 13.0. The molecule has 0 bridgehead atoms. The molecule has 0 saturated carbocycles. The predicted octanol–water partition coefficient (Wildman–Crippen LogP) is 10.6. The zero-order chi connectivity index (χ0) is 24.9. The van der Waals surface area contributed by atoms with Crippen molar-refractivity contribution >= 4 is 64.6 Å². The van der Waals surface area contributed by atoms with E-state index in [0.29, 0.717) is 0 Å². The van der Waals surface area contributed by atoms with Gasteiger partial charge in [0.15, 0.2) is 0 Å². The average Bonchev–Trinajstić information content (AvgIpc) is 3.40. The van der Waals surface area contributed by atoms with Crippen molar-refractivity contribution in [2.45, 2.75) is 26.2 Å². The van der Waals surface area contributed by atoms with Crippen LogP contribution < -0.4 is 4.74 Å². The van der Waals surface area contributed by atoms with Crippen LogP contribution in [0.5, 0.6) is 11.5 Å².